The number of hydrogen-bond donors (Lipinski definition) is 3. The van der Waals surface area contributed by atoms with Crippen LogP contribution in [0.25, 0.3) is 10.8 Å². The first-order chi connectivity index (χ1) is 19.7. The molecular formula is C29H24ClN7O3S. The summed E-state index contributed by atoms with van der Waals surface area (Å²) in [6.45, 7) is 5.65. The zero-order chi connectivity index (χ0) is 29.0. The molecule has 12 heteroatoms. The van der Waals surface area contributed by atoms with E-state index in [1.807, 2.05) is 43.3 Å². The van der Waals surface area contributed by atoms with Gasteiger partial charge in [0.25, 0.3) is 10.1 Å². The van der Waals surface area contributed by atoms with Gasteiger partial charge in [-0.15, -0.1) is 6.58 Å². The van der Waals surface area contributed by atoms with Crippen LogP contribution in [0.4, 0.5) is 34.6 Å². The summed E-state index contributed by atoms with van der Waals surface area (Å²) in [6, 6.07) is 22.9. The normalized spacial score (nSPS) is 11.6. The van der Waals surface area contributed by atoms with Gasteiger partial charge in [0.05, 0.1) is 11.4 Å². The molecule has 206 valence electrons. The Labute approximate surface area is 241 Å². The fraction of sp³-hybridized carbons (Fsp3) is 0.0690. The molecule has 1 heterocycles. The summed E-state index contributed by atoms with van der Waals surface area (Å²) < 4.78 is 33.1. The monoisotopic (exact) mass is 585 g/mol. The summed E-state index contributed by atoms with van der Waals surface area (Å²) in [7, 11) is -4.38. The molecule has 5 rings (SSSR count). The summed E-state index contributed by atoms with van der Waals surface area (Å²) in [6.07, 6.45) is 2.58. The van der Waals surface area contributed by atoms with Crippen molar-refractivity contribution in [2.24, 2.45) is 10.2 Å². The van der Waals surface area contributed by atoms with Crippen molar-refractivity contribution in [3.8, 4) is 0 Å². The van der Waals surface area contributed by atoms with Gasteiger partial charge in [0.1, 0.15) is 4.90 Å². The molecule has 0 aliphatic heterocycles. The average molecular weight is 586 g/mol. The highest BCUT2D eigenvalue weighted by molar-refractivity contribution is 7.86. The first kappa shape index (κ1) is 27.8. The predicted molar refractivity (Wildman–Crippen MR) is 161 cm³/mol. The van der Waals surface area contributed by atoms with Gasteiger partial charge in [0.15, 0.2) is 0 Å². The number of halogens is 1. The van der Waals surface area contributed by atoms with E-state index >= 15 is 0 Å². The lowest BCUT2D eigenvalue weighted by Gasteiger charge is -2.10. The molecular weight excluding hydrogens is 562 g/mol. The summed E-state index contributed by atoms with van der Waals surface area (Å²) in [4.78, 5) is 12.6. The minimum atomic E-state index is -4.38. The number of nitrogens with zero attached hydrogens (tertiary/aromatic N) is 5. The molecule has 10 nitrogen and oxygen atoms in total. The third-order valence-corrected chi connectivity index (χ3v) is 7.08. The van der Waals surface area contributed by atoms with E-state index in [4.69, 9.17) is 11.6 Å². The van der Waals surface area contributed by atoms with Crippen LogP contribution in [0, 0.1) is 6.92 Å². The van der Waals surface area contributed by atoms with Crippen molar-refractivity contribution >= 4 is 67.1 Å². The van der Waals surface area contributed by atoms with Crippen molar-refractivity contribution in [1.82, 2.24) is 15.0 Å². The maximum absolute atomic E-state index is 11.8. The topological polar surface area (TPSA) is 142 Å². The number of rotatable bonds is 9. The number of benzene rings is 4. The molecule has 41 heavy (non-hydrogen) atoms. The SMILES string of the molecule is C=CCc1cccc(Nc2nc(Cl)nc(Nc3ccc(N=Nc4ccc5cccc(S(=O)(=O)O)c5c4)c(C)c3)n2)c1. The number of aromatic nitrogens is 3. The summed E-state index contributed by atoms with van der Waals surface area (Å²) in [5.74, 6) is 0.548. The Bertz CT molecular complexity index is 1910. The van der Waals surface area contributed by atoms with Gasteiger partial charge >= 0.3 is 0 Å². The molecule has 0 atom stereocenters. The minimum absolute atomic E-state index is 0.0296. The Morgan fingerprint density at radius 2 is 1.63 bits per heavy atom. The quantitative estimate of drug-likeness (QED) is 0.0901. The molecule has 5 aromatic rings. The van der Waals surface area contributed by atoms with E-state index in [-0.39, 0.29) is 22.1 Å². The second-order valence-corrected chi connectivity index (χ2v) is 10.8. The molecule has 0 aliphatic rings. The molecule has 0 bridgehead atoms. The van der Waals surface area contributed by atoms with Crippen LogP contribution in [0.2, 0.25) is 5.28 Å². The highest BCUT2D eigenvalue weighted by Gasteiger charge is 2.14. The number of aryl methyl sites for hydroxylation is 1. The van der Waals surface area contributed by atoms with E-state index in [9.17, 15) is 13.0 Å². The fourth-order valence-corrected chi connectivity index (χ4v) is 5.00. The van der Waals surface area contributed by atoms with Crippen LogP contribution in [0.1, 0.15) is 11.1 Å². The third-order valence-electron chi connectivity index (χ3n) is 6.00. The molecule has 1 aromatic heterocycles. The highest BCUT2D eigenvalue weighted by Crippen LogP contribution is 2.30. The molecule has 3 N–H and O–H groups in total. The van der Waals surface area contributed by atoms with Crippen LogP contribution >= 0.6 is 11.6 Å². The number of azo groups is 1. The zero-order valence-electron chi connectivity index (χ0n) is 21.8. The summed E-state index contributed by atoms with van der Waals surface area (Å²) in [5, 5.41) is 15.9. The van der Waals surface area contributed by atoms with Crippen LogP contribution in [-0.2, 0) is 16.5 Å². The maximum atomic E-state index is 11.8. The first-order valence-electron chi connectivity index (χ1n) is 12.4. The number of allylic oxidation sites excluding steroid dienone is 1. The van der Waals surface area contributed by atoms with Crippen molar-refractivity contribution < 1.29 is 13.0 Å². The van der Waals surface area contributed by atoms with E-state index in [2.05, 4.69) is 42.4 Å². The van der Waals surface area contributed by atoms with Crippen LogP contribution in [0.15, 0.2) is 107 Å². The Hall–Kier alpha value is -4.71. The molecule has 0 saturated carbocycles. The average Bonchev–Trinajstić information content (AvgIpc) is 2.92. The van der Waals surface area contributed by atoms with Gasteiger partial charge in [-0.2, -0.15) is 33.6 Å². The molecule has 0 saturated heterocycles. The standard InChI is InChI=1S/C29H24ClN7O3S/c1-3-6-19-7-4-9-21(16-19)31-28-33-27(30)34-29(35-28)32-22-13-14-25(18(2)15-22)37-36-23-12-11-20-8-5-10-26(24(20)17-23)41(38,39)40/h3-5,7-17H,1,6H2,2H3,(H,38,39,40)(H2,31,32,33,34,35). The summed E-state index contributed by atoms with van der Waals surface area (Å²) in [5.41, 5.74) is 4.46. The van der Waals surface area contributed by atoms with Gasteiger partial charge in [-0.25, -0.2) is 0 Å². The molecule has 0 fully saturated rings. The van der Waals surface area contributed by atoms with Crippen LogP contribution in [-0.4, -0.2) is 27.9 Å². The van der Waals surface area contributed by atoms with Crippen LogP contribution in [0.3, 0.4) is 0 Å². The van der Waals surface area contributed by atoms with Gasteiger partial charge in [-0.1, -0.05) is 36.4 Å². The lowest BCUT2D eigenvalue weighted by atomic mass is 10.1. The van der Waals surface area contributed by atoms with E-state index in [0.717, 1.165) is 23.2 Å². The van der Waals surface area contributed by atoms with Crippen LogP contribution < -0.4 is 10.6 Å². The lowest BCUT2D eigenvalue weighted by molar-refractivity contribution is 0.484. The van der Waals surface area contributed by atoms with E-state index in [1.165, 1.54) is 6.07 Å². The molecule has 0 unspecified atom stereocenters. The zero-order valence-corrected chi connectivity index (χ0v) is 23.4. The van der Waals surface area contributed by atoms with Crippen molar-refractivity contribution in [3.05, 3.63) is 108 Å². The minimum Gasteiger partial charge on any atom is -0.324 e. The number of anilines is 4. The molecule has 0 radical (unpaired) electrons. The second-order valence-electron chi connectivity index (χ2n) is 9.03. The van der Waals surface area contributed by atoms with E-state index < -0.39 is 10.1 Å². The van der Waals surface area contributed by atoms with Gasteiger partial charge in [0, 0.05) is 16.8 Å². The van der Waals surface area contributed by atoms with Crippen molar-refractivity contribution in [2.75, 3.05) is 10.6 Å². The van der Waals surface area contributed by atoms with Gasteiger partial charge in [0.2, 0.25) is 17.2 Å². The first-order valence-corrected chi connectivity index (χ1v) is 14.2. The van der Waals surface area contributed by atoms with Gasteiger partial charge in [-0.3, -0.25) is 4.55 Å². The third kappa shape index (κ3) is 6.90. The maximum Gasteiger partial charge on any atom is 0.295 e. The smallest absolute Gasteiger partial charge is 0.295 e. The fourth-order valence-electron chi connectivity index (χ4n) is 4.14. The molecule has 0 spiro atoms. The largest absolute Gasteiger partial charge is 0.324 e. The predicted octanol–water partition coefficient (Wildman–Crippen LogP) is 7.86. The Morgan fingerprint density at radius 1 is 0.902 bits per heavy atom. The van der Waals surface area contributed by atoms with Gasteiger partial charge < -0.3 is 10.6 Å². The van der Waals surface area contributed by atoms with Crippen molar-refractivity contribution in [2.45, 2.75) is 18.2 Å². The Morgan fingerprint density at radius 3 is 2.34 bits per heavy atom. The van der Waals surface area contributed by atoms with E-state index in [1.54, 1.807) is 42.5 Å². The van der Waals surface area contributed by atoms with Crippen molar-refractivity contribution in [1.29, 1.82) is 0 Å². The number of nitrogens with one attached hydrogen (secondary N) is 2. The molecule has 0 amide bonds. The highest BCUT2D eigenvalue weighted by atomic mass is 35.5. The summed E-state index contributed by atoms with van der Waals surface area (Å²) >= 11 is 6.16. The number of fused-ring (bicyclic) bond motifs is 1. The molecule has 4 aromatic carbocycles. The Balaban J connectivity index is 1.33. The second kappa shape index (κ2) is 11.8. The number of hydrogen-bond acceptors (Lipinski definition) is 9. The molecule has 0 aliphatic carbocycles. The van der Waals surface area contributed by atoms with Gasteiger partial charge in [-0.05, 0) is 90.0 Å². The Kier molecular flexibility index (Phi) is 8.02. The lowest BCUT2D eigenvalue weighted by Crippen LogP contribution is -2.04. The van der Waals surface area contributed by atoms with Crippen LogP contribution in [0.5, 0.6) is 0 Å². The van der Waals surface area contributed by atoms with Crippen molar-refractivity contribution in [3.63, 3.8) is 0 Å². The van der Waals surface area contributed by atoms with E-state index in [0.29, 0.717) is 27.8 Å².